The third kappa shape index (κ3) is 7.04. The van der Waals surface area contributed by atoms with E-state index in [1.807, 2.05) is 31.2 Å². The molecule has 2 aromatic carbocycles. The fourth-order valence-corrected chi connectivity index (χ4v) is 2.95. The number of aliphatic hydroxyl groups excluding tert-OH is 1. The minimum atomic E-state index is -0.770. The topological polar surface area (TPSA) is 95.5 Å². The Kier molecular flexibility index (Phi) is 9.42. The van der Waals surface area contributed by atoms with E-state index in [0.29, 0.717) is 41.7 Å². The van der Waals surface area contributed by atoms with Crippen LogP contribution in [0.5, 0.6) is 23.0 Å². The lowest BCUT2D eigenvalue weighted by molar-refractivity contribution is -0.139. The molecule has 2 atom stereocenters. The van der Waals surface area contributed by atoms with Gasteiger partial charge in [-0.1, -0.05) is 12.1 Å². The summed E-state index contributed by atoms with van der Waals surface area (Å²) in [5, 5.41) is 13.8. The molecule has 8 heteroatoms. The second-order valence-electron chi connectivity index (χ2n) is 6.99. The molecule has 0 heterocycles. The molecule has 0 spiro atoms. The highest BCUT2D eigenvalue weighted by atomic mass is 16.5. The van der Waals surface area contributed by atoms with Gasteiger partial charge in [-0.2, -0.15) is 0 Å². The van der Waals surface area contributed by atoms with Crippen LogP contribution in [0, 0.1) is 0 Å². The monoisotopic (exact) mass is 433 g/mol. The maximum Gasteiger partial charge on any atom is 0.309 e. The SMILES string of the molecule is COC(=O)Cc1ccc(OCC(C)NCC(O)c2cc(OC)c(OC)c(OC)c2)cc1. The molecule has 0 saturated heterocycles. The van der Waals surface area contributed by atoms with Crippen LogP contribution in [0.3, 0.4) is 0 Å². The Morgan fingerprint density at radius 3 is 2.13 bits per heavy atom. The van der Waals surface area contributed by atoms with E-state index in [0.717, 1.165) is 5.56 Å². The van der Waals surface area contributed by atoms with Gasteiger partial charge < -0.3 is 34.1 Å². The van der Waals surface area contributed by atoms with Crippen molar-refractivity contribution in [1.82, 2.24) is 5.32 Å². The van der Waals surface area contributed by atoms with Crippen LogP contribution in [0.25, 0.3) is 0 Å². The summed E-state index contributed by atoms with van der Waals surface area (Å²) >= 11 is 0. The van der Waals surface area contributed by atoms with Crippen molar-refractivity contribution >= 4 is 5.97 Å². The number of benzene rings is 2. The van der Waals surface area contributed by atoms with Crippen molar-refractivity contribution in [2.24, 2.45) is 0 Å². The van der Waals surface area contributed by atoms with Gasteiger partial charge in [0.1, 0.15) is 12.4 Å². The molecule has 0 aliphatic carbocycles. The molecule has 2 unspecified atom stereocenters. The van der Waals surface area contributed by atoms with E-state index in [9.17, 15) is 9.90 Å². The lowest BCUT2D eigenvalue weighted by Crippen LogP contribution is -2.34. The van der Waals surface area contributed by atoms with Gasteiger partial charge in [0.15, 0.2) is 11.5 Å². The van der Waals surface area contributed by atoms with Crippen molar-refractivity contribution in [2.75, 3.05) is 41.6 Å². The fourth-order valence-electron chi connectivity index (χ4n) is 2.95. The summed E-state index contributed by atoms with van der Waals surface area (Å²) in [6.07, 6.45) is -0.540. The van der Waals surface area contributed by atoms with E-state index in [1.165, 1.54) is 28.4 Å². The van der Waals surface area contributed by atoms with Crippen LogP contribution in [0.15, 0.2) is 36.4 Å². The van der Waals surface area contributed by atoms with Gasteiger partial charge >= 0.3 is 5.97 Å². The van der Waals surface area contributed by atoms with Crippen molar-refractivity contribution in [3.8, 4) is 23.0 Å². The third-order valence-electron chi connectivity index (χ3n) is 4.73. The number of hydrogen-bond acceptors (Lipinski definition) is 8. The highest BCUT2D eigenvalue weighted by molar-refractivity contribution is 5.72. The predicted molar refractivity (Wildman–Crippen MR) is 116 cm³/mol. The first-order valence-corrected chi connectivity index (χ1v) is 9.91. The minimum Gasteiger partial charge on any atom is -0.493 e. The van der Waals surface area contributed by atoms with Crippen molar-refractivity contribution in [2.45, 2.75) is 25.5 Å². The Hall–Kier alpha value is -2.97. The fraction of sp³-hybridized carbons (Fsp3) is 0.435. The molecule has 0 aromatic heterocycles. The van der Waals surface area contributed by atoms with Crippen LogP contribution >= 0.6 is 0 Å². The molecule has 0 radical (unpaired) electrons. The number of rotatable bonds is 12. The van der Waals surface area contributed by atoms with Crippen LogP contribution < -0.4 is 24.3 Å². The lowest BCUT2D eigenvalue weighted by Gasteiger charge is -2.20. The Morgan fingerprint density at radius 2 is 1.61 bits per heavy atom. The molecule has 8 nitrogen and oxygen atoms in total. The second kappa shape index (κ2) is 12.0. The largest absolute Gasteiger partial charge is 0.493 e. The van der Waals surface area contributed by atoms with Crippen molar-refractivity contribution in [3.05, 3.63) is 47.5 Å². The summed E-state index contributed by atoms with van der Waals surface area (Å²) in [6.45, 7) is 2.70. The molecule has 2 N–H and O–H groups in total. The van der Waals surface area contributed by atoms with Crippen molar-refractivity contribution in [3.63, 3.8) is 0 Å². The minimum absolute atomic E-state index is 0.00793. The van der Waals surface area contributed by atoms with E-state index in [-0.39, 0.29) is 18.4 Å². The number of carbonyl (C=O) groups is 1. The second-order valence-corrected chi connectivity index (χ2v) is 6.99. The van der Waals surface area contributed by atoms with Gasteiger partial charge in [-0.05, 0) is 42.3 Å². The number of carbonyl (C=O) groups excluding carboxylic acids is 1. The average molecular weight is 434 g/mol. The summed E-state index contributed by atoms with van der Waals surface area (Å²) in [6, 6.07) is 10.7. The van der Waals surface area contributed by atoms with Crippen LogP contribution in [-0.2, 0) is 16.0 Å². The Bertz CT molecular complexity index is 813. The van der Waals surface area contributed by atoms with Crippen LogP contribution in [0.1, 0.15) is 24.2 Å². The van der Waals surface area contributed by atoms with Gasteiger partial charge in [0.05, 0.1) is 41.0 Å². The lowest BCUT2D eigenvalue weighted by atomic mass is 10.1. The van der Waals surface area contributed by atoms with E-state index in [4.69, 9.17) is 18.9 Å². The molecule has 0 aliphatic heterocycles. The zero-order chi connectivity index (χ0) is 22.8. The smallest absolute Gasteiger partial charge is 0.309 e. The molecule has 2 rings (SSSR count). The number of aliphatic hydroxyl groups is 1. The van der Waals surface area contributed by atoms with E-state index < -0.39 is 6.10 Å². The maximum absolute atomic E-state index is 11.3. The standard InChI is InChI=1S/C23H31NO7/c1-15(14-31-18-8-6-16(7-9-18)10-22(26)29-4)24-13-19(25)17-11-20(27-2)23(30-5)21(12-17)28-3/h6-9,11-12,15,19,24-25H,10,13-14H2,1-5H3. The molecule has 2 aromatic rings. The number of hydrogen-bond donors (Lipinski definition) is 2. The van der Waals surface area contributed by atoms with E-state index in [1.54, 1.807) is 12.1 Å². The van der Waals surface area contributed by atoms with Crippen LogP contribution in [0.4, 0.5) is 0 Å². The third-order valence-corrected chi connectivity index (χ3v) is 4.73. The Balaban J connectivity index is 1.87. The van der Waals surface area contributed by atoms with Gasteiger partial charge in [-0.3, -0.25) is 4.79 Å². The zero-order valence-electron chi connectivity index (χ0n) is 18.6. The summed E-state index contributed by atoms with van der Waals surface area (Å²) in [5.41, 5.74) is 1.51. The molecule has 0 fully saturated rings. The summed E-state index contributed by atoms with van der Waals surface area (Å²) in [4.78, 5) is 11.3. The molecular weight excluding hydrogens is 402 g/mol. The first kappa shape index (κ1) is 24.3. The normalized spacial score (nSPS) is 12.6. The molecule has 0 amide bonds. The number of nitrogens with one attached hydrogen (secondary N) is 1. The number of methoxy groups -OCH3 is 4. The van der Waals surface area contributed by atoms with Gasteiger partial charge in [-0.25, -0.2) is 0 Å². The molecule has 170 valence electrons. The summed E-state index contributed by atoms with van der Waals surface area (Å²) in [5.74, 6) is 1.88. The first-order chi connectivity index (χ1) is 14.9. The van der Waals surface area contributed by atoms with Crippen molar-refractivity contribution < 1.29 is 33.6 Å². The molecule has 31 heavy (non-hydrogen) atoms. The summed E-state index contributed by atoms with van der Waals surface area (Å²) in [7, 11) is 5.97. The Labute approximate surface area is 183 Å². The molecule has 0 bridgehead atoms. The van der Waals surface area contributed by atoms with E-state index >= 15 is 0 Å². The quantitative estimate of drug-likeness (QED) is 0.493. The van der Waals surface area contributed by atoms with Gasteiger partial charge in [0, 0.05) is 12.6 Å². The molecule has 0 aliphatic rings. The number of ether oxygens (including phenoxy) is 5. The van der Waals surface area contributed by atoms with E-state index in [2.05, 4.69) is 10.1 Å². The highest BCUT2D eigenvalue weighted by Gasteiger charge is 2.18. The average Bonchev–Trinajstić information content (AvgIpc) is 2.80. The highest BCUT2D eigenvalue weighted by Crippen LogP contribution is 2.39. The van der Waals surface area contributed by atoms with Crippen LogP contribution in [-0.4, -0.2) is 58.7 Å². The van der Waals surface area contributed by atoms with Crippen molar-refractivity contribution in [1.29, 1.82) is 0 Å². The van der Waals surface area contributed by atoms with Gasteiger partial charge in [0.25, 0.3) is 0 Å². The maximum atomic E-state index is 11.3. The van der Waals surface area contributed by atoms with Gasteiger partial charge in [0.2, 0.25) is 5.75 Å². The Morgan fingerprint density at radius 1 is 1.00 bits per heavy atom. The molecule has 0 saturated carbocycles. The first-order valence-electron chi connectivity index (χ1n) is 9.91. The van der Waals surface area contributed by atoms with Crippen LogP contribution in [0.2, 0.25) is 0 Å². The predicted octanol–water partition coefficient (Wildman–Crippen LogP) is 2.52. The zero-order valence-corrected chi connectivity index (χ0v) is 18.6. The number of esters is 1. The molecular formula is C23H31NO7. The van der Waals surface area contributed by atoms with Gasteiger partial charge in [-0.15, -0.1) is 0 Å². The summed E-state index contributed by atoms with van der Waals surface area (Å²) < 4.78 is 26.4.